The molecule has 0 amide bonds. The summed E-state index contributed by atoms with van der Waals surface area (Å²) in [5.41, 5.74) is 3.42. The molecule has 0 bridgehead atoms. The number of hydrogen-bond acceptors (Lipinski definition) is 2. The van der Waals surface area contributed by atoms with Gasteiger partial charge < -0.3 is 0 Å². The van der Waals surface area contributed by atoms with Crippen molar-refractivity contribution >= 4 is 12.6 Å². The second-order valence-electron chi connectivity index (χ2n) is 7.11. The van der Waals surface area contributed by atoms with E-state index in [1.54, 1.807) is 0 Å². The fourth-order valence-corrected chi connectivity index (χ4v) is 4.44. The summed E-state index contributed by atoms with van der Waals surface area (Å²) >= 11 is 0. The van der Waals surface area contributed by atoms with E-state index < -0.39 is 0 Å². The van der Waals surface area contributed by atoms with Crippen molar-refractivity contribution in [3.63, 3.8) is 0 Å². The lowest BCUT2D eigenvalue weighted by atomic mass is 9.66. The molecular formula is C23H26O2. The van der Waals surface area contributed by atoms with E-state index in [0.717, 1.165) is 60.5 Å². The van der Waals surface area contributed by atoms with Crippen LogP contribution in [0.3, 0.4) is 0 Å². The maximum absolute atomic E-state index is 11.8. The Kier molecular flexibility index (Phi) is 5.80. The molecule has 1 aliphatic rings. The van der Waals surface area contributed by atoms with Crippen LogP contribution in [0.2, 0.25) is 0 Å². The van der Waals surface area contributed by atoms with Crippen LogP contribution in [0.15, 0.2) is 48.5 Å². The molecule has 1 saturated carbocycles. The highest BCUT2D eigenvalue weighted by atomic mass is 16.1. The number of carbonyl (C=O) groups excluding carboxylic acids is 2. The van der Waals surface area contributed by atoms with Gasteiger partial charge in [0.25, 0.3) is 0 Å². The van der Waals surface area contributed by atoms with Gasteiger partial charge in [-0.3, -0.25) is 9.59 Å². The molecule has 0 aromatic heterocycles. The van der Waals surface area contributed by atoms with Gasteiger partial charge in [-0.05, 0) is 24.0 Å². The number of rotatable bonds is 4. The van der Waals surface area contributed by atoms with Gasteiger partial charge in [0.15, 0.2) is 0 Å². The van der Waals surface area contributed by atoms with Gasteiger partial charge in [0, 0.05) is 16.5 Å². The molecule has 25 heavy (non-hydrogen) atoms. The third-order valence-electron chi connectivity index (χ3n) is 5.66. The van der Waals surface area contributed by atoms with Crippen molar-refractivity contribution in [2.75, 3.05) is 0 Å². The van der Waals surface area contributed by atoms with E-state index in [0.29, 0.717) is 0 Å². The lowest BCUT2D eigenvalue weighted by molar-refractivity contribution is 0.111. The van der Waals surface area contributed by atoms with Crippen LogP contribution in [0.5, 0.6) is 0 Å². The second-order valence-corrected chi connectivity index (χ2v) is 7.11. The maximum Gasteiger partial charge on any atom is 0.150 e. The Morgan fingerprint density at radius 2 is 1.00 bits per heavy atom. The highest BCUT2D eigenvalue weighted by Crippen LogP contribution is 2.45. The van der Waals surface area contributed by atoms with Crippen molar-refractivity contribution in [2.24, 2.45) is 0 Å². The van der Waals surface area contributed by atoms with Gasteiger partial charge >= 0.3 is 0 Å². The molecule has 2 aromatic carbocycles. The van der Waals surface area contributed by atoms with Crippen LogP contribution in [-0.4, -0.2) is 12.6 Å². The van der Waals surface area contributed by atoms with E-state index in [1.165, 1.54) is 25.7 Å². The van der Waals surface area contributed by atoms with E-state index >= 15 is 0 Å². The van der Waals surface area contributed by atoms with E-state index in [1.807, 2.05) is 36.4 Å². The topological polar surface area (TPSA) is 34.1 Å². The van der Waals surface area contributed by atoms with Gasteiger partial charge in [0.05, 0.1) is 0 Å². The van der Waals surface area contributed by atoms with Gasteiger partial charge in [-0.2, -0.15) is 0 Å². The molecule has 3 rings (SSSR count). The number of hydrogen-bond donors (Lipinski definition) is 0. The van der Waals surface area contributed by atoms with Crippen LogP contribution in [-0.2, 0) is 5.41 Å². The minimum Gasteiger partial charge on any atom is -0.298 e. The van der Waals surface area contributed by atoms with Gasteiger partial charge in [0.1, 0.15) is 12.6 Å². The van der Waals surface area contributed by atoms with Crippen molar-refractivity contribution in [3.8, 4) is 0 Å². The van der Waals surface area contributed by atoms with Gasteiger partial charge in [-0.15, -0.1) is 0 Å². The maximum atomic E-state index is 11.8. The molecule has 2 aromatic rings. The monoisotopic (exact) mass is 334 g/mol. The third-order valence-corrected chi connectivity index (χ3v) is 5.66. The molecule has 0 spiro atoms. The highest BCUT2D eigenvalue weighted by Gasteiger charge is 2.36. The molecule has 0 saturated heterocycles. The Balaban J connectivity index is 2.22. The van der Waals surface area contributed by atoms with E-state index in [2.05, 4.69) is 12.1 Å². The number of carbonyl (C=O) groups is 2. The second kappa shape index (κ2) is 8.24. The molecule has 2 nitrogen and oxygen atoms in total. The lowest BCUT2D eigenvalue weighted by Gasteiger charge is -2.37. The molecule has 0 atom stereocenters. The van der Waals surface area contributed by atoms with E-state index in [-0.39, 0.29) is 5.41 Å². The van der Waals surface area contributed by atoms with Crippen LogP contribution in [0, 0.1) is 0 Å². The summed E-state index contributed by atoms with van der Waals surface area (Å²) in [6.07, 6.45) is 11.1. The first-order valence-electron chi connectivity index (χ1n) is 9.41. The standard InChI is InChI=1S/C23H26O2/c24-17-19-11-5-7-13-21(19)23(15-9-3-1-2-4-10-16-23)22-14-8-6-12-20(22)18-25/h5-8,11-14,17-18H,1-4,9-10,15-16H2. The molecule has 1 fully saturated rings. The van der Waals surface area contributed by atoms with Crippen molar-refractivity contribution in [1.82, 2.24) is 0 Å². The van der Waals surface area contributed by atoms with Crippen molar-refractivity contribution in [3.05, 3.63) is 70.8 Å². The zero-order valence-electron chi connectivity index (χ0n) is 14.7. The first-order chi connectivity index (χ1) is 12.3. The average molecular weight is 334 g/mol. The zero-order valence-corrected chi connectivity index (χ0v) is 14.7. The molecule has 2 heteroatoms. The highest BCUT2D eigenvalue weighted by molar-refractivity contribution is 5.81. The summed E-state index contributed by atoms with van der Waals surface area (Å²) in [5.74, 6) is 0. The first-order valence-corrected chi connectivity index (χ1v) is 9.41. The average Bonchev–Trinajstić information content (AvgIpc) is 2.80. The predicted molar refractivity (Wildman–Crippen MR) is 101 cm³/mol. The zero-order chi connectivity index (χ0) is 17.5. The third kappa shape index (κ3) is 3.58. The van der Waals surface area contributed by atoms with Crippen molar-refractivity contribution in [1.29, 1.82) is 0 Å². The summed E-state index contributed by atoms with van der Waals surface area (Å²) in [5, 5.41) is 0. The normalized spacial score (nSPS) is 17.8. The molecule has 0 unspecified atom stereocenters. The lowest BCUT2D eigenvalue weighted by Crippen LogP contribution is -2.30. The molecule has 0 aliphatic heterocycles. The largest absolute Gasteiger partial charge is 0.298 e. The Hall–Kier alpha value is -2.22. The van der Waals surface area contributed by atoms with E-state index in [9.17, 15) is 9.59 Å². The van der Waals surface area contributed by atoms with Crippen LogP contribution >= 0.6 is 0 Å². The van der Waals surface area contributed by atoms with E-state index in [4.69, 9.17) is 0 Å². The van der Waals surface area contributed by atoms with Crippen molar-refractivity contribution in [2.45, 2.75) is 56.8 Å². The summed E-state index contributed by atoms with van der Waals surface area (Å²) in [6.45, 7) is 0. The summed E-state index contributed by atoms with van der Waals surface area (Å²) in [6, 6.07) is 15.8. The Morgan fingerprint density at radius 1 is 0.600 bits per heavy atom. The minimum absolute atomic E-state index is 0.251. The molecule has 130 valence electrons. The van der Waals surface area contributed by atoms with Crippen LogP contribution in [0.25, 0.3) is 0 Å². The number of aldehydes is 2. The van der Waals surface area contributed by atoms with Crippen LogP contribution in [0.4, 0.5) is 0 Å². The van der Waals surface area contributed by atoms with Crippen LogP contribution in [0.1, 0.15) is 83.2 Å². The smallest absolute Gasteiger partial charge is 0.150 e. The molecule has 1 aliphatic carbocycles. The molecule has 0 heterocycles. The quantitative estimate of drug-likeness (QED) is 0.669. The Bertz CT molecular complexity index is 669. The summed E-state index contributed by atoms with van der Waals surface area (Å²) < 4.78 is 0. The Morgan fingerprint density at radius 3 is 1.44 bits per heavy atom. The molecule has 0 radical (unpaired) electrons. The summed E-state index contributed by atoms with van der Waals surface area (Å²) in [4.78, 5) is 23.5. The Labute approximate surface area is 150 Å². The van der Waals surface area contributed by atoms with Gasteiger partial charge in [-0.25, -0.2) is 0 Å². The van der Waals surface area contributed by atoms with Crippen LogP contribution < -0.4 is 0 Å². The van der Waals surface area contributed by atoms with Gasteiger partial charge in [-0.1, -0.05) is 87.1 Å². The van der Waals surface area contributed by atoms with Crippen molar-refractivity contribution < 1.29 is 9.59 Å². The molecule has 0 N–H and O–H groups in total. The summed E-state index contributed by atoms with van der Waals surface area (Å²) in [7, 11) is 0. The SMILES string of the molecule is O=Cc1ccccc1C1(c2ccccc2C=O)CCCCCCCC1. The number of benzene rings is 2. The molecular weight excluding hydrogens is 308 g/mol. The fourth-order valence-electron chi connectivity index (χ4n) is 4.44. The predicted octanol–water partition coefficient (Wildman–Crippen LogP) is 5.73. The van der Waals surface area contributed by atoms with Gasteiger partial charge in [0.2, 0.25) is 0 Å². The fraction of sp³-hybridized carbons (Fsp3) is 0.391. The first kappa shape index (κ1) is 17.6. The minimum atomic E-state index is -0.251.